The molecule has 0 spiro atoms. The summed E-state index contributed by atoms with van der Waals surface area (Å²) in [5.74, 6) is -0.684. The zero-order valence-corrected chi connectivity index (χ0v) is 14.8. The Bertz CT molecular complexity index is 840. The molecule has 0 fully saturated rings. The fourth-order valence-corrected chi connectivity index (χ4v) is 3.41. The van der Waals surface area contributed by atoms with Crippen LogP contribution in [0, 0.1) is 5.82 Å². The molecule has 0 saturated heterocycles. The van der Waals surface area contributed by atoms with Gasteiger partial charge in [-0.3, -0.25) is 4.79 Å². The molecule has 1 aromatic heterocycles. The number of benzene rings is 2. The maximum absolute atomic E-state index is 13.7. The van der Waals surface area contributed by atoms with E-state index in [-0.39, 0.29) is 24.2 Å². The molecule has 3 nitrogen and oxygen atoms in total. The Morgan fingerprint density at radius 3 is 2.64 bits per heavy atom. The highest BCUT2D eigenvalue weighted by Gasteiger charge is 2.17. The quantitative estimate of drug-likeness (QED) is 0.647. The second kappa shape index (κ2) is 8.14. The summed E-state index contributed by atoms with van der Waals surface area (Å²) >= 11 is 7.43. The van der Waals surface area contributed by atoms with Crippen molar-refractivity contribution < 1.29 is 9.18 Å². The minimum atomic E-state index is -0.449. The molecule has 1 unspecified atom stereocenters. The molecule has 0 bridgehead atoms. The Balaban J connectivity index is 1.70. The van der Waals surface area contributed by atoms with E-state index >= 15 is 0 Å². The summed E-state index contributed by atoms with van der Waals surface area (Å²) in [4.78, 5) is 13.4. The Kier molecular flexibility index (Phi) is 5.68. The highest BCUT2D eigenvalue weighted by Crippen LogP contribution is 2.26. The highest BCUT2D eigenvalue weighted by atomic mass is 35.5. The number of hydrogen-bond acceptors (Lipinski definition) is 3. The summed E-state index contributed by atoms with van der Waals surface area (Å²) in [5.41, 5.74) is 1.20. The second-order valence-electron chi connectivity index (χ2n) is 5.40. The van der Waals surface area contributed by atoms with Crippen molar-refractivity contribution in [3.8, 4) is 0 Å². The van der Waals surface area contributed by atoms with E-state index < -0.39 is 5.82 Å². The zero-order valence-electron chi connectivity index (χ0n) is 13.2. The second-order valence-corrected chi connectivity index (χ2v) is 6.82. The largest absolute Gasteiger partial charge is 0.374 e. The molecule has 3 rings (SSSR count). The van der Waals surface area contributed by atoms with Crippen molar-refractivity contribution >= 4 is 34.5 Å². The first-order chi connectivity index (χ1) is 12.1. The van der Waals surface area contributed by atoms with E-state index in [1.165, 1.54) is 18.2 Å². The van der Waals surface area contributed by atoms with Crippen molar-refractivity contribution in [2.75, 3.05) is 11.9 Å². The minimum Gasteiger partial charge on any atom is -0.374 e. The number of anilines is 1. The zero-order chi connectivity index (χ0) is 17.6. The van der Waals surface area contributed by atoms with Crippen molar-refractivity contribution in [2.45, 2.75) is 6.04 Å². The van der Waals surface area contributed by atoms with Crippen LogP contribution in [0.3, 0.4) is 0 Å². The van der Waals surface area contributed by atoms with Gasteiger partial charge in [-0.15, -0.1) is 11.3 Å². The predicted molar refractivity (Wildman–Crippen MR) is 101 cm³/mol. The lowest BCUT2D eigenvalue weighted by Gasteiger charge is -2.18. The first-order valence-corrected chi connectivity index (χ1v) is 8.96. The third-order valence-corrected chi connectivity index (χ3v) is 4.81. The number of nitrogens with one attached hydrogen (secondary N) is 2. The number of hydrogen-bond donors (Lipinski definition) is 2. The van der Waals surface area contributed by atoms with Gasteiger partial charge in [-0.25, -0.2) is 4.39 Å². The fourth-order valence-electron chi connectivity index (χ4n) is 2.44. The number of thiophene rings is 1. The Hall–Kier alpha value is -2.37. The van der Waals surface area contributed by atoms with Gasteiger partial charge in [0, 0.05) is 9.90 Å². The molecule has 0 saturated carbocycles. The van der Waals surface area contributed by atoms with Crippen molar-refractivity contribution in [1.82, 2.24) is 5.32 Å². The third-order valence-electron chi connectivity index (χ3n) is 3.63. The molecule has 3 aromatic rings. The van der Waals surface area contributed by atoms with Crippen LogP contribution < -0.4 is 10.6 Å². The lowest BCUT2D eigenvalue weighted by atomic mass is 10.1. The SMILES string of the molecule is O=C(CNc1cc(Cl)ccc1F)NC(c1ccccc1)c1cccs1. The average molecular weight is 375 g/mol. The minimum absolute atomic E-state index is 0.0496. The predicted octanol–water partition coefficient (Wildman–Crippen LogP) is 4.86. The highest BCUT2D eigenvalue weighted by molar-refractivity contribution is 7.10. The lowest BCUT2D eigenvalue weighted by Crippen LogP contribution is -2.33. The standard InChI is InChI=1S/C19H16ClFN2OS/c20-14-8-9-15(21)16(11-14)22-12-18(24)23-19(17-7-4-10-25-17)13-5-2-1-3-6-13/h1-11,19,22H,12H2,(H,23,24). The monoisotopic (exact) mass is 374 g/mol. The summed E-state index contributed by atoms with van der Waals surface area (Å²) in [6, 6.07) is 17.6. The maximum atomic E-state index is 13.7. The van der Waals surface area contributed by atoms with Crippen LogP contribution in [0.2, 0.25) is 5.02 Å². The van der Waals surface area contributed by atoms with E-state index in [9.17, 15) is 9.18 Å². The number of amides is 1. The Labute approximate surface area is 154 Å². The summed E-state index contributed by atoms with van der Waals surface area (Å²) < 4.78 is 13.7. The smallest absolute Gasteiger partial charge is 0.240 e. The van der Waals surface area contributed by atoms with Crippen LogP contribution >= 0.6 is 22.9 Å². The third kappa shape index (κ3) is 4.59. The molecule has 6 heteroatoms. The fraction of sp³-hybridized carbons (Fsp3) is 0.105. The van der Waals surface area contributed by atoms with Gasteiger partial charge in [0.25, 0.3) is 0 Å². The van der Waals surface area contributed by atoms with Gasteiger partial charge in [-0.1, -0.05) is 48.0 Å². The molecule has 128 valence electrons. The number of carbonyl (C=O) groups is 1. The molecule has 2 aromatic carbocycles. The topological polar surface area (TPSA) is 41.1 Å². The first-order valence-electron chi connectivity index (χ1n) is 7.70. The molecular formula is C19H16ClFN2OS. The molecule has 2 N–H and O–H groups in total. The van der Waals surface area contributed by atoms with Crippen molar-refractivity contribution in [3.63, 3.8) is 0 Å². The number of rotatable bonds is 6. The van der Waals surface area contributed by atoms with E-state index in [0.29, 0.717) is 5.02 Å². The molecule has 0 aliphatic rings. The normalized spacial score (nSPS) is 11.8. The van der Waals surface area contributed by atoms with Crippen LogP contribution in [0.1, 0.15) is 16.5 Å². The van der Waals surface area contributed by atoms with E-state index in [2.05, 4.69) is 10.6 Å². The summed E-state index contributed by atoms with van der Waals surface area (Å²) in [5, 5.41) is 8.16. The summed E-state index contributed by atoms with van der Waals surface area (Å²) in [6.07, 6.45) is 0. The maximum Gasteiger partial charge on any atom is 0.240 e. The molecule has 1 amide bonds. The Morgan fingerprint density at radius 2 is 1.92 bits per heavy atom. The van der Waals surface area contributed by atoms with E-state index in [4.69, 9.17) is 11.6 Å². The lowest BCUT2D eigenvalue weighted by molar-refractivity contribution is -0.119. The van der Waals surface area contributed by atoms with Gasteiger partial charge in [0.1, 0.15) is 5.82 Å². The number of halogens is 2. The van der Waals surface area contributed by atoms with Gasteiger partial charge in [0.2, 0.25) is 5.91 Å². The molecule has 25 heavy (non-hydrogen) atoms. The van der Waals surface area contributed by atoms with Crippen LogP contribution in [0.4, 0.5) is 10.1 Å². The molecular weight excluding hydrogens is 359 g/mol. The van der Waals surface area contributed by atoms with Crippen molar-refractivity contribution in [2.24, 2.45) is 0 Å². The molecule has 0 radical (unpaired) electrons. The molecule has 0 aliphatic heterocycles. The Morgan fingerprint density at radius 1 is 1.12 bits per heavy atom. The van der Waals surface area contributed by atoms with Gasteiger partial charge < -0.3 is 10.6 Å². The van der Waals surface area contributed by atoms with E-state index in [1.807, 2.05) is 47.8 Å². The van der Waals surface area contributed by atoms with E-state index in [0.717, 1.165) is 10.4 Å². The summed E-state index contributed by atoms with van der Waals surface area (Å²) in [7, 11) is 0. The van der Waals surface area contributed by atoms with Crippen LogP contribution in [0.25, 0.3) is 0 Å². The van der Waals surface area contributed by atoms with Gasteiger partial charge in [0.15, 0.2) is 0 Å². The average Bonchev–Trinajstić information content (AvgIpc) is 3.15. The van der Waals surface area contributed by atoms with E-state index in [1.54, 1.807) is 11.3 Å². The van der Waals surface area contributed by atoms with Crippen molar-refractivity contribution in [1.29, 1.82) is 0 Å². The summed E-state index contributed by atoms with van der Waals surface area (Å²) in [6.45, 7) is -0.0496. The van der Waals surface area contributed by atoms with Crippen LogP contribution in [0.15, 0.2) is 66.0 Å². The van der Waals surface area contributed by atoms with Gasteiger partial charge in [-0.2, -0.15) is 0 Å². The first kappa shape index (κ1) is 17.5. The van der Waals surface area contributed by atoms with Gasteiger partial charge >= 0.3 is 0 Å². The van der Waals surface area contributed by atoms with Crippen LogP contribution in [-0.2, 0) is 4.79 Å². The van der Waals surface area contributed by atoms with Gasteiger partial charge in [-0.05, 0) is 35.2 Å². The molecule has 0 aliphatic carbocycles. The number of carbonyl (C=O) groups excluding carboxylic acids is 1. The molecule has 1 heterocycles. The van der Waals surface area contributed by atoms with Crippen molar-refractivity contribution in [3.05, 3.63) is 87.3 Å². The van der Waals surface area contributed by atoms with Crippen LogP contribution in [0.5, 0.6) is 0 Å². The van der Waals surface area contributed by atoms with Gasteiger partial charge in [0.05, 0.1) is 18.3 Å². The molecule has 1 atom stereocenters. The van der Waals surface area contributed by atoms with Crippen LogP contribution in [-0.4, -0.2) is 12.5 Å².